The van der Waals surface area contributed by atoms with Crippen molar-refractivity contribution in [3.05, 3.63) is 105 Å². The first-order chi connectivity index (χ1) is 17.8. The molecular weight excluding hydrogens is 533 g/mol. The molecule has 1 N–H and O–H groups in total. The summed E-state index contributed by atoms with van der Waals surface area (Å²) in [6, 6.07) is 21.1. The number of nitrogens with one attached hydrogen (secondary N) is 1. The number of rotatable bonds is 8. The highest BCUT2D eigenvalue weighted by molar-refractivity contribution is 6.35. The summed E-state index contributed by atoms with van der Waals surface area (Å²) in [6.45, 7) is 1.79. The van der Waals surface area contributed by atoms with E-state index in [0.29, 0.717) is 44.9 Å². The zero-order valence-electron chi connectivity index (χ0n) is 20.2. The van der Waals surface area contributed by atoms with Gasteiger partial charge in [0.25, 0.3) is 5.91 Å². The highest BCUT2D eigenvalue weighted by Crippen LogP contribution is 2.33. The maximum Gasteiger partial charge on any atom is 0.328 e. The number of aryl methyl sites for hydroxylation is 1. The third kappa shape index (κ3) is 6.16. The molecule has 0 spiro atoms. The SMILES string of the molecule is COC(=O)[C@@H](CCc1ccccc1)NC(=O)c1nn(-c2ccc(Cl)cc2Cl)c(-c2ccc(Cl)cc2)c1C. The predicted molar refractivity (Wildman–Crippen MR) is 147 cm³/mol. The van der Waals surface area contributed by atoms with Crippen molar-refractivity contribution in [2.24, 2.45) is 0 Å². The normalized spacial score (nSPS) is 11.7. The van der Waals surface area contributed by atoms with Crippen molar-refractivity contribution < 1.29 is 14.3 Å². The number of hydrogen-bond donors (Lipinski definition) is 1. The molecule has 0 bridgehead atoms. The number of halogens is 3. The fourth-order valence-corrected chi connectivity index (χ4v) is 4.67. The maximum absolute atomic E-state index is 13.5. The Morgan fingerprint density at radius 3 is 2.30 bits per heavy atom. The zero-order valence-corrected chi connectivity index (χ0v) is 22.4. The summed E-state index contributed by atoms with van der Waals surface area (Å²) >= 11 is 18.7. The van der Waals surface area contributed by atoms with Gasteiger partial charge in [0, 0.05) is 21.2 Å². The van der Waals surface area contributed by atoms with Gasteiger partial charge in [-0.2, -0.15) is 5.10 Å². The van der Waals surface area contributed by atoms with E-state index in [9.17, 15) is 9.59 Å². The van der Waals surface area contributed by atoms with E-state index in [1.54, 1.807) is 41.9 Å². The van der Waals surface area contributed by atoms with Crippen LogP contribution < -0.4 is 5.32 Å². The molecule has 6 nitrogen and oxygen atoms in total. The fourth-order valence-electron chi connectivity index (χ4n) is 4.06. The molecule has 0 unspecified atom stereocenters. The Hall–Kier alpha value is -3.32. The Balaban J connectivity index is 1.71. The van der Waals surface area contributed by atoms with E-state index in [-0.39, 0.29) is 5.69 Å². The molecule has 0 aliphatic carbocycles. The maximum atomic E-state index is 13.5. The van der Waals surface area contributed by atoms with Crippen LogP contribution in [-0.2, 0) is 16.0 Å². The fraction of sp³-hybridized carbons (Fsp3) is 0.179. The van der Waals surface area contributed by atoms with Crippen LogP contribution in [0.15, 0.2) is 72.8 Å². The second kappa shape index (κ2) is 11.8. The highest BCUT2D eigenvalue weighted by Gasteiger charge is 2.27. The standard InChI is InChI=1S/C28H24Cl3N3O3/c1-17-25(27(35)32-23(28(36)37-2)14-8-18-6-4-3-5-7-18)33-34(24-15-13-21(30)16-22(24)31)26(17)19-9-11-20(29)12-10-19/h3-7,9-13,15-16,23H,8,14H2,1-2H3,(H,32,35)/t23-/m1/s1. The topological polar surface area (TPSA) is 73.2 Å². The summed E-state index contributed by atoms with van der Waals surface area (Å²) in [5.74, 6) is -1.03. The Morgan fingerprint density at radius 1 is 0.973 bits per heavy atom. The minimum atomic E-state index is -0.847. The summed E-state index contributed by atoms with van der Waals surface area (Å²) in [4.78, 5) is 26.0. The summed E-state index contributed by atoms with van der Waals surface area (Å²) in [7, 11) is 1.30. The van der Waals surface area contributed by atoms with Crippen LogP contribution in [0.2, 0.25) is 15.1 Å². The molecule has 1 heterocycles. The molecule has 4 rings (SSSR count). The van der Waals surface area contributed by atoms with E-state index >= 15 is 0 Å². The van der Waals surface area contributed by atoms with E-state index in [4.69, 9.17) is 39.5 Å². The smallest absolute Gasteiger partial charge is 0.328 e. The van der Waals surface area contributed by atoms with Gasteiger partial charge in [-0.05, 0) is 55.7 Å². The lowest BCUT2D eigenvalue weighted by Gasteiger charge is -2.16. The summed E-state index contributed by atoms with van der Waals surface area (Å²) in [5.41, 5.74) is 3.81. The molecule has 190 valence electrons. The first kappa shape index (κ1) is 26.7. The second-order valence-electron chi connectivity index (χ2n) is 8.41. The van der Waals surface area contributed by atoms with Gasteiger partial charge in [-0.3, -0.25) is 4.79 Å². The van der Waals surface area contributed by atoms with Crippen LogP contribution in [-0.4, -0.2) is 34.8 Å². The molecule has 0 radical (unpaired) electrons. The Labute approximate surface area is 230 Å². The minimum absolute atomic E-state index is 0.157. The third-order valence-electron chi connectivity index (χ3n) is 5.95. The quantitative estimate of drug-likeness (QED) is 0.245. The van der Waals surface area contributed by atoms with Crippen molar-refractivity contribution >= 4 is 46.7 Å². The molecule has 3 aromatic carbocycles. The number of benzene rings is 3. The van der Waals surface area contributed by atoms with Crippen LogP contribution in [0.1, 0.15) is 28.0 Å². The first-order valence-electron chi connectivity index (χ1n) is 11.5. The molecule has 0 saturated heterocycles. The molecule has 4 aromatic rings. The van der Waals surface area contributed by atoms with Gasteiger partial charge in [-0.25, -0.2) is 9.48 Å². The van der Waals surface area contributed by atoms with Gasteiger partial charge >= 0.3 is 5.97 Å². The molecule has 1 aromatic heterocycles. The largest absolute Gasteiger partial charge is 0.467 e. The van der Waals surface area contributed by atoms with Crippen molar-refractivity contribution in [3.8, 4) is 16.9 Å². The van der Waals surface area contributed by atoms with Gasteiger partial charge in [0.15, 0.2) is 5.69 Å². The molecule has 0 aliphatic heterocycles. The molecule has 1 atom stereocenters. The van der Waals surface area contributed by atoms with Gasteiger partial charge in [0.1, 0.15) is 6.04 Å². The molecule has 9 heteroatoms. The monoisotopic (exact) mass is 555 g/mol. The number of amides is 1. The van der Waals surface area contributed by atoms with Crippen LogP contribution in [0.25, 0.3) is 16.9 Å². The number of aromatic nitrogens is 2. The zero-order chi connectivity index (χ0) is 26.5. The van der Waals surface area contributed by atoms with Crippen molar-refractivity contribution in [2.45, 2.75) is 25.8 Å². The molecule has 37 heavy (non-hydrogen) atoms. The Bertz CT molecular complexity index is 1420. The van der Waals surface area contributed by atoms with Crippen LogP contribution >= 0.6 is 34.8 Å². The van der Waals surface area contributed by atoms with Crippen LogP contribution in [0, 0.1) is 6.92 Å². The number of ether oxygens (including phenoxy) is 1. The van der Waals surface area contributed by atoms with Crippen molar-refractivity contribution in [1.29, 1.82) is 0 Å². The van der Waals surface area contributed by atoms with E-state index in [1.807, 2.05) is 42.5 Å². The predicted octanol–water partition coefficient (Wildman–Crippen LogP) is 6.71. The molecular formula is C28H24Cl3N3O3. The van der Waals surface area contributed by atoms with Crippen LogP contribution in [0.3, 0.4) is 0 Å². The Morgan fingerprint density at radius 2 is 1.65 bits per heavy atom. The number of nitrogens with zero attached hydrogens (tertiary/aromatic N) is 2. The van der Waals surface area contributed by atoms with Gasteiger partial charge in [0.05, 0.1) is 23.5 Å². The molecule has 0 aliphatic rings. The number of esters is 1. The Kier molecular flexibility index (Phi) is 8.54. The summed E-state index contributed by atoms with van der Waals surface area (Å²) in [6.07, 6.45) is 0.958. The molecule has 1 amide bonds. The average Bonchev–Trinajstić information content (AvgIpc) is 3.23. The van der Waals surface area contributed by atoms with Gasteiger partial charge in [0.2, 0.25) is 0 Å². The number of carbonyl (C=O) groups is 2. The van der Waals surface area contributed by atoms with E-state index in [2.05, 4.69) is 10.4 Å². The van der Waals surface area contributed by atoms with Crippen LogP contribution in [0.5, 0.6) is 0 Å². The van der Waals surface area contributed by atoms with Crippen molar-refractivity contribution in [2.75, 3.05) is 7.11 Å². The molecule has 0 fully saturated rings. The van der Waals surface area contributed by atoms with E-state index in [0.717, 1.165) is 11.1 Å². The minimum Gasteiger partial charge on any atom is -0.467 e. The number of methoxy groups -OCH3 is 1. The summed E-state index contributed by atoms with van der Waals surface area (Å²) in [5, 5.41) is 8.85. The van der Waals surface area contributed by atoms with Crippen molar-refractivity contribution in [1.82, 2.24) is 15.1 Å². The van der Waals surface area contributed by atoms with E-state index in [1.165, 1.54) is 7.11 Å². The van der Waals surface area contributed by atoms with Crippen LogP contribution in [0.4, 0.5) is 0 Å². The lowest BCUT2D eigenvalue weighted by Crippen LogP contribution is -2.42. The van der Waals surface area contributed by atoms with Crippen molar-refractivity contribution in [3.63, 3.8) is 0 Å². The lowest BCUT2D eigenvalue weighted by molar-refractivity contribution is -0.143. The number of carbonyl (C=O) groups excluding carboxylic acids is 2. The second-order valence-corrected chi connectivity index (χ2v) is 9.69. The van der Waals surface area contributed by atoms with Gasteiger partial charge in [-0.15, -0.1) is 0 Å². The van der Waals surface area contributed by atoms with Gasteiger partial charge < -0.3 is 10.1 Å². The third-order valence-corrected chi connectivity index (χ3v) is 6.74. The molecule has 0 saturated carbocycles. The van der Waals surface area contributed by atoms with Gasteiger partial charge in [-0.1, -0.05) is 77.3 Å². The van der Waals surface area contributed by atoms with E-state index < -0.39 is 17.9 Å². The number of hydrogen-bond acceptors (Lipinski definition) is 4. The first-order valence-corrected chi connectivity index (χ1v) is 12.7. The lowest BCUT2D eigenvalue weighted by atomic mass is 10.0. The summed E-state index contributed by atoms with van der Waals surface area (Å²) < 4.78 is 6.55. The highest BCUT2D eigenvalue weighted by atomic mass is 35.5. The average molecular weight is 557 g/mol.